The van der Waals surface area contributed by atoms with Gasteiger partial charge in [-0.25, -0.2) is 8.78 Å². The number of aryl methyl sites for hydroxylation is 1. The number of alkyl halides is 6. The molecule has 4 heterocycles. The fourth-order valence-corrected chi connectivity index (χ4v) is 7.25. The van der Waals surface area contributed by atoms with Gasteiger partial charge in [0.15, 0.2) is 0 Å². The first kappa shape index (κ1) is 42.9. The fraction of sp³-hybridized carbons (Fsp3) is 0.178. The number of carbonyl (C=O) groups is 2. The molecule has 0 atom stereocenters. The van der Waals surface area contributed by atoms with Gasteiger partial charge < -0.3 is 20.1 Å². The van der Waals surface area contributed by atoms with Crippen molar-refractivity contribution in [1.29, 1.82) is 0 Å². The SMILES string of the molecule is C/C=C1\C=C(C)C(N2CN(c3ccc(F)cc3C)c3cc(C(F)(F)F)ccc3C2=O)=CN1.O=C1c2ccc(C(F)(F)F)cc2N(Cc2ccc(F)cc2)CN1c1ccc(=O)[nH]c1. The maximum Gasteiger partial charge on any atom is 0.416 e. The number of fused-ring (bicyclic) bond motifs is 2. The Morgan fingerprint density at radius 2 is 1.27 bits per heavy atom. The largest absolute Gasteiger partial charge is 0.416 e. The van der Waals surface area contributed by atoms with Crippen molar-refractivity contribution in [3.05, 3.63) is 188 Å². The lowest BCUT2D eigenvalue weighted by Crippen LogP contribution is -2.47. The molecule has 9 nitrogen and oxygen atoms in total. The van der Waals surface area contributed by atoms with E-state index in [0.29, 0.717) is 28.2 Å². The second-order valence-corrected chi connectivity index (χ2v) is 14.5. The maximum absolute atomic E-state index is 13.7. The molecular formula is C45H36F8N6O3. The first-order valence-electron chi connectivity index (χ1n) is 18.9. The van der Waals surface area contributed by atoms with Gasteiger partial charge in [0.05, 0.1) is 51.7 Å². The number of anilines is 4. The van der Waals surface area contributed by atoms with E-state index in [0.717, 1.165) is 41.6 Å². The van der Waals surface area contributed by atoms with E-state index in [-0.39, 0.29) is 47.9 Å². The Hall–Kier alpha value is -7.17. The number of halogens is 8. The van der Waals surface area contributed by atoms with E-state index in [9.17, 15) is 49.5 Å². The van der Waals surface area contributed by atoms with E-state index < -0.39 is 46.9 Å². The average molecular weight is 861 g/mol. The first-order chi connectivity index (χ1) is 29.3. The Morgan fingerprint density at radius 3 is 1.85 bits per heavy atom. The van der Waals surface area contributed by atoms with Gasteiger partial charge in [0.25, 0.3) is 11.8 Å². The van der Waals surface area contributed by atoms with Crippen LogP contribution in [0.4, 0.5) is 57.9 Å². The lowest BCUT2D eigenvalue weighted by Gasteiger charge is -2.40. The zero-order valence-corrected chi connectivity index (χ0v) is 33.1. The number of nitrogens with one attached hydrogen (secondary N) is 2. The molecule has 0 radical (unpaired) electrons. The fourth-order valence-electron chi connectivity index (χ4n) is 7.25. The summed E-state index contributed by atoms with van der Waals surface area (Å²) in [7, 11) is 0. The number of allylic oxidation sites excluding steroid dienone is 3. The van der Waals surface area contributed by atoms with Gasteiger partial charge in [0.2, 0.25) is 5.56 Å². The highest BCUT2D eigenvalue weighted by Gasteiger charge is 2.38. The van der Waals surface area contributed by atoms with E-state index in [1.54, 1.807) is 22.9 Å². The van der Waals surface area contributed by atoms with Crippen molar-refractivity contribution in [1.82, 2.24) is 15.2 Å². The third-order valence-electron chi connectivity index (χ3n) is 10.4. The van der Waals surface area contributed by atoms with Crippen LogP contribution in [0.1, 0.15) is 56.8 Å². The number of H-pyrrole nitrogens is 1. The molecule has 3 aliphatic heterocycles. The molecule has 0 saturated carbocycles. The maximum atomic E-state index is 13.7. The molecule has 62 heavy (non-hydrogen) atoms. The summed E-state index contributed by atoms with van der Waals surface area (Å²) in [6.07, 6.45) is -2.28. The van der Waals surface area contributed by atoms with Crippen LogP contribution in [-0.2, 0) is 18.9 Å². The van der Waals surface area contributed by atoms with Crippen LogP contribution >= 0.6 is 0 Å². The van der Waals surface area contributed by atoms with Gasteiger partial charge in [-0.2, -0.15) is 26.3 Å². The van der Waals surface area contributed by atoms with Gasteiger partial charge in [-0.3, -0.25) is 24.2 Å². The van der Waals surface area contributed by atoms with Crippen molar-refractivity contribution < 1.29 is 44.7 Å². The Kier molecular flexibility index (Phi) is 11.6. The lowest BCUT2D eigenvalue weighted by molar-refractivity contribution is -0.138. The number of hydrogen-bond donors (Lipinski definition) is 2. The lowest BCUT2D eigenvalue weighted by atomic mass is 10.0. The van der Waals surface area contributed by atoms with Crippen LogP contribution in [0.3, 0.4) is 0 Å². The average Bonchev–Trinajstić information content (AvgIpc) is 3.23. The molecule has 5 aromatic rings. The molecule has 0 aliphatic carbocycles. The number of pyridine rings is 1. The molecule has 2 N–H and O–H groups in total. The van der Waals surface area contributed by atoms with Crippen LogP contribution in [-0.4, -0.2) is 35.0 Å². The Bertz CT molecular complexity index is 2700. The van der Waals surface area contributed by atoms with Crippen molar-refractivity contribution >= 4 is 34.6 Å². The first-order valence-corrected chi connectivity index (χ1v) is 18.9. The molecule has 0 bridgehead atoms. The van der Waals surface area contributed by atoms with Crippen LogP contribution in [0, 0.1) is 18.6 Å². The summed E-state index contributed by atoms with van der Waals surface area (Å²) in [5, 5.41) is 3.11. The molecule has 0 unspecified atom stereocenters. The normalized spacial score (nSPS) is 16.0. The summed E-state index contributed by atoms with van der Waals surface area (Å²) in [5.74, 6) is -1.77. The molecule has 4 aromatic carbocycles. The van der Waals surface area contributed by atoms with E-state index in [1.807, 2.05) is 26.0 Å². The van der Waals surface area contributed by atoms with Crippen LogP contribution in [0.25, 0.3) is 0 Å². The third-order valence-corrected chi connectivity index (χ3v) is 10.4. The number of rotatable bonds is 5. The predicted octanol–water partition coefficient (Wildman–Crippen LogP) is 10.2. The van der Waals surface area contributed by atoms with Crippen LogP contribution in [0.15, 0.2) is 137 Å². The zero-order chi connectivity index (χ0) is 44.7. The van der Waals surface area contributed by atoms with Crippen molar-refractivity contribution in [3.63, 3.8) is 0 Å². The topological polar surface area (TPSA) is 92.0 Å². The number of nitrogens with zero attached hydrogens (tertiary/aromatic N) is 4. The summed E-state index contributed by atoms with van der Waals surface area (Å²) in [4.78, 5) is 46.2. The molecule has 320 valence electrons. The van der Waals surface area contributed by atoms with Crippen LogP contribution in [0.2, 0.25) is 0 Å². The minimum absolute atomic E-state index is 0.0243. The van der Waals surface area contributed by atoms with Crippen molar-refractivity contribution in [2.45, 2.75) is 39.7 Å². The van der Waals surface area contributed by atoms with Crippen LogP contribution in [0.5, 0.6) is 0 Å². The monoisotopic (exact) mass is 860 g/mol. The zero-order valence-electron chi connectivity index (χ0n) is 33.1. The van der Waals surface area contributed by atoms with Gasteiger partial charge in [0.1, 0.15) is 18.3 Å². The molecule has 3 aliphatic rings. The number of benzene rings is 4. The van der Waals surface area contributed by atoms with E-state index >= 15 is 0 Å². The van der Waals surface area contributed by atoms with E-state index in [4.69, 9.17) is 0 Å². The molecule has 0 fully saturated rings. The van der Waals surface area contributed by atoms with E-state index in [2.05, 4.69) is 10.3 Å². The highest BCUT2D eigenvalue weighted by atomic mass is 19.4. The van der Waals surface area contributed by atoms with Gasteiger partial charge in [-0.15, -0.1) is 0 Å². The summed E-state index contributed by atoms with van der Waals surface area (Å²) >= 11 is 0. The van der Waals surface area contributed by atoms with Gasteiger partial charge in [-0.1, -0.05) is 18.2 Å². The van der Waals surface area contributed by atoms with Gasteiger partial charge in [-0.05, 0) is 116 Å². The predicted molar refractivity (Wildman–Crippen MR) is 217 cm³/mol. The molecule has 1 aromatic heterocycles. The molecule has 17 heteroatoms. The molecule has 8 rings (SSSR count). The molecule has 0 spiro atoms. The van der Waals surface area contributed by atoms with E-state index in [1.165, 1.54) is 76.7 Å². The summed E-state index contributed by atoms with van der Waals surface area (Å²) in [6.45, 7) is 5.50. The number of carbonyl (C=O) groups excluding carboxylic acids is 2. The number of aromatic nitrogens is 1. The van der Waals surface area contributed by atoms with Crippen molar-refractivity contribution in [3.8, 4) is 0 Å². The molecule has 2 amide bonds. The summed E-state index contributed by atoms with van der Waals surface area (Å²) in [6, 6.07) is 18.4. The Labute approximate surface area is 349 Å². The van der Waals surface area contributed by atoms with Gasteiger partial charge >= 0.3 is 12.4 Å². The number of dihydropyridines is 1. The minimum Gasteiger partial charge on any atom is -0.360 e. The number of aromatic amines is 1. The quantitative estimate of drug-likeness (QED) is 0.171. The van der Waals surface area contributed by atoms with Crippen LogP contribution < -0.4 is 25.6 Å². The Morgan fingerprint density at radius 1 is 0.661 bits per heavy atom. The molecular weight excluding hydrogens is 825 g/mol. The minimum atomic E-state index is -4.56. The van der Waals surface area contributed by atoms with Gasteiger partial charge in [0, 0.05) is 36.4 Å². The number of hydrogen-bond acceptors (Lipinski definition) is 6. The highest BCUT2D eigenvalue weighted by molar-refractivity contribution is 6.11. The Balaban J connectivity index is 0.000000187. The van der Waals surface area contributed by atoms with Crippen molar-refractivity contribution in [2.24, 2.45) is 0 Å². The smallest absolute Gasteiger partial charge is 0.360 e. The summed E-state index contributed by atoms with van der Waals surface area (Å²) in [5.41, 5.74) is 2.88. The number of amides is 2. The second kappa shape index (κ2) is 16.7. The highest BCUT2D eigenvalue weighted by Crippen LogP contribution is 2.42. The van der Waals surface area contributed by atoms with Crippen molar-refractivity contribution in [2.75, 3.05) is 28.0 Å². The summed E-state index contributed by atoms with van der Waals surface area (Å²) < 4.78 is 107. The molecule has 0 saturated heterocycles. The standard InChI is InChI=1S/C24H21F4N3O.C21H15F4N3O2/c1-4-18-10-15(3)22(12-29-18)31-13-30(20-8-6-17(25)9-14(20)2)21-11-16(24(26,27)28)5-7-19(21)23(31)32;22-15-4-1-13(2-5-15)11-27-12-28(16-6-8-19(29)26-10-16)20(30)17-7-3-14(9-18(17)27)21(23,24)25/h4-12,29H,13H2,1-3H3;1-10H,11-12H2,(H,26,29)/b18-4+;. The second-order valence-electron chi connectivity index (χ2n) is 14.5. The third kappa shape index (κ3) is 8.82.